The molecule has 0 unspecified atom stereocenters. The molecule has 0 radical (unpaired) electrons. The summed E-state index contributed by atoms with van der Waals surface area (Å²) in [4.78, 5) is 47.2. The predicted octanol–water partition coefficient (Wildman–Crippen LogP) is 5.52. The highest BCUT2D eigenvalue weighted by Gasteiger charge is 2.46. The minimum Gasteiger partial charge on any atom is -0.491 e. The Balaban J connectivity index is 1.26. The van der Waals surface area contributed by atoms with Gasteiger partial charge in [0, 0.05) is 48.1 Å². The number of amides is 2. The molecule has 238 valence electrons. The van der Waals surface area contributed by atoms with Gasteiger partial charge in [-0.3, -0.25) is 9.59 Å². The number of hydrogen-bond donors (Lipinski definition) is 3. The van der Waals surface area contributed by atoms with Gasteiger partial charge in [-0.05, 0) is 68.7 Å². The number of hydrogen-bond acceptors (Lipinski definition) is 8. The first-order valence-electron chi connectivity index (χ1n) is 15.3. The lowest BCUT2D eigenvalue weighted by molar-refractivity contribution is -0.131. The molecular weight excluding hydrogens is 610 g/mol. The van der Waals surface area contributed by atoms with Gasteiger partial charge >= 0.3 is 5.97 Å². The highest BCUT2D eigenvalue weighted by Crippen LogP contribution is 2.44. The Bertz CT molecular complexity index is 1840. The lowest BCUT2D eigenvalue weighted by Crippen LogP contribution is -2.61. The number of rotatable bonds is 10. The van der Waals surface area contributed by atoms with E-state index in [4.69, 9.17) is 21.4 Å². The van der Waals surface area contributed by atoms with Gasteiger partial charge in [-0.2, -0.15) is 0 Å². The zero-order chi connectivity index (χ0) is 32.4. The molecule has 0 aliphatic heterocycles. The summed E-state index contributed by atoms with van der Waals surface area (Å²) in [5.74, 6) is -0.559. The third-order valence-corrected chi connectivity index (χ3v) is 9.00. The summed E-state index contributed by atoms with van der Waals surface area (Å²) >= 11 is 6.09. The van der Waals surface area contributed by atoms with E-state index < -0.39 is 17.4 Å². The van der Waals surface area contributed by atoms with Crippen LogP contribution in [0, 0.1) is 0 Å². The third kappa shape index (κ3) is 6.04. The zero-order valence-corrected chi connectivity index (χ0v) is 26.3. The molecule has 0 atom stereocenters. The number of carbonyl (C=O) groups is 3. The van der Waals surface area contributed by atoms with Crippen molar-refractivity contribution in [1.82, 2.24) is 30.0 Å². The normalized spacial score (nSPS) is 16.0. The molecule has 12 nitrogen and oxygen atoms in total. The standard InChI is InChI=1S/C33H34ClN7O5/c1-3-46-25-16-26(40-39-23(25)11-12-27(42)43)37-32(45)33(13-6-14-33)38-31(44)20-9-10-22-24(15-20)41(2)29(28(22)19-7-4-5-8-19)30-35-17-21(34)18-36-30/h9-12,15-19H,3-8,13-14H2,1-2H3,(H,38,44)(H,42,43)(H,37,40,45)/b12-11+. The summed E-state index contributed by atoms with van der Waals surface area (Å²) in [7, 11) is 1.96. The number of carboxylic acids is 1. The van der Waals surface area contributed by atoms with E-state index in [1.54, 1.807) is 25.4 Å². The van der Waals surface area contributed by atoms with Crippen molar-refractivity contribution in [3.63, 3.8) is 0 Å². The van der Waals surface area contributed by atoms with Crippen molar-refractivity contribution in [2.75, 3.05) is 11.9 Å². The second-order valence-corrected chi connectivity index (χ2v) is 12.1. The first kappa shape index (κ1) is 31.2. The summed E-state index contributed by atoms with van der Waals surface area (Å²) in [5.41, 5.74) is 2.52. The quantitative estimate of drug-likeness (QED) is 0.189. The number of aromatic nitrogens is 5. The average molecular weight is 644 g/mol. The fourth-order valence-corrected chi connectivity index (χ4v) is 6.48. The van der Waals surface area contributed by atoms with Crippen LogP contribution in [-0.4, -0.2) is 59.8 Å². The van der Waals surface area contributed by atoms with Gasteiger partial charge in [0.1, 0.15) is 11.2 Å². The average Bonchev–Trinajstić information content (AvgIpc) is 3.65. The molecule has 0 bridgehead atoms. The predicted molar refractivity (Wildman–Crippen MR) is 173 cm³/mol. The van der Waals surface area contributed by atoms with Crippen LogP contribution in [0.25, 0.3) is 28.5 Å². The van der Waals surface area contributed by atoms with Gasteiger partial charge in [0.05, 0.1) is 17.3 Å². The van der Waals surface area contributed by atoms with Gasteiger partial charge in [-0.1, -0.05) is 30.5 Å². The first-order valence-corrected chi connectivity index (χ1v) is 15.7. The van der Waals surface area contributed by atoms with Gasteiger partial charge in [0.2, 0.25) is 0 Å². The molecule has 3 heterocycles. The number of benzene rings is 1. The number of carbonyl (C=O) groups excluding carboxylic acids is 2. The Morgan fingerprint density at radius 1 is 1.11 bits per heavy atom. The van der Waals surface area contributed by atoms with Crippen molar-refractivity contribution in [2.45, 2.75) is 63.3 Å². The molecule has 2 amide bonds. The maximum atomic E-state index is 13.7. The number of anilines is 1. The molecule has 6 rings (SSSR count). The molecule has 13 heteroatoms. The van der Waals surface area contributed by atoms with Crippen LogP contribution in [0.4, 0.5) is 5.82 Å². The van der Waals surface area contributed by atoms with Gasteiger partial charge in [-0.15, -0.1) is 10.2 Å². The molecule has 2 saturated carbocycles. The van der Waals surface area contributed by atoms with Crippen LogP contribution in [0.3, 0.4) is 0 Å². The second-order valence-electron chi connectivity index (χ2n) is 11.7. The number of aryl methyl sites for hydroxylation is 1. The lowest BCUT2D eigenvalue weighted by Gasteiger charge is -2.40. The molecule has 4 aromatic rings. The minimum absolute atomic E-state index is 0.128. The summed E-state index contributed by atoms with van der Waals surface area (Å²) in [6, 6.07) is 7.12. The Labute approximate surface area is 270 Å². The van der Waals surface area contributed by atoms with Crippen LogP contribution in [0.15, 0.2) is 42.7 Å². The van der Waals surface area contributed by atoms with Crippen LogP contribution in [-0.2, 0) is 16.6 Å². The van der Waals surface area contributed by atoms with Crippen molar-refractivity contribution in [2.24, 2.45) is 7.05 Å². The van der Waals surface area contributed by atoms with Gasteiger partial charge in [0.25, 0.3) is 11.8 Å². The largest absolute Gasteiger partial charge is 0.491 e. The molecule has 2 aliphatic rings. The third-order valence-electron chi connectivity index (χ3n) is 8.80. The Hall–Kier alpha value is -4.84. The number of halogens is 1. The van der Waals surface area contributed by atoms with E-state index >= 15 is 0 Å². The van der Waals surface area contributed by atoms with E-state index in [-0.39, 0.29) is 23.2 Å². The molecule has 3 aromatic heterocycles. The molecule has 1 aromatic carbocycles. The van der Waals surface area contributed by atoms with Crippen molar-refractivity contribution >= 4 is 52.2 Å². The van der Waals surface area contributed by atoms with Crippen LogP contribution in [0.1, 0.15) is 79.4 Å². The highest BCUT2D eigenvalue weighted by atomic mass is 35.5. The van der Waals surface area contributed by atoms with E-state index in [2.05, 4.69) is 30.8 Å². The van der Waals surface area contributed by atoms with Gasteiger partial charge in [-0.25, -0.2) is 14.8 Å². The summed E-state index contributed by atoms with van der Waals surface area (Å²) in [6.07, 6.45) is 11.6. The molecular formula is C33H34ClN7O5. The molecule has 0 saturated heterocycles. The Morgan fingerprint density at radius 3 is 2.50 bits per heavy atom. The SMILES string of the molecule is CCOc1cc(NC(=O)C2(NC(=O)c3ccc4c(C5CCCC5)c(-c5ncc(Cl)cn5)n(C)c4c3)CCC2)nnc1/C=C/C(=O)O. The second kappa shape index (κ2) is 12.9. The van der Waals surface area contributed by atoms with Crippen LogP contribution < -0.4 is 15.4 Å². The van der Waals surface area contributed by atoms with Crippen LogP contribution in [0.2, 0.25) is 5.02 Å². The number of fused-ring (bicyclic) bond motifs is 1. The number of nitrogens with zero attached hydrogens (tertiary/aromatic N) is 5. The Kier molecular flexibility index (Phi) is 8.72. The number of aliphatic carboxylic acids is 1. The molecule has 46 heavy (non-hydrogen) atoms. The molecule has 2 fully saturated rings. The van der Waals surface area contributed by atoms with Gasteiger partial charge in [0.15, 0.2) is 17.4 Å². The van der Waals surface area contributed by atoms with E-state index in [1.807, 2.05) is 23.7 Å². The number of carboxylic acid groups (broad SMARTS) is 1. The summed E-state index contributed by atoms with van der Waals surface area (Å²) in [6.45, 7) is 2.08. The molecule has 0 spiro atoms. The van der Waals surface area contributed by atoms with E-state index in [9.17, 15) is 14.4 Å². The lowest BCUT2D eigenvalue weighted by atomic mass is 9.75. The van der Waals surface area contributed by atoms with E-state index in [1.165, 1.54) is 17.7 Å². The maximum Gasteiger partial charge on any atom is 0.328 e. The molecule has 2 aliphatic carbocycles. The summed E-state index contributed by atoms with van der Waals surface area (Å²) in [5, 5.41) is 24.3. The van der Waals surface area contributed by atoms with Crippen LogP contribution >= 0.6 is 11.6 Å². The number of ether oxygens (including phenoxy) is 1. The van der Waals surface area contributed by atoms with Crippen molar-refractivity contribution < 1.29 is 24.2 Å². The topological polar surface area (TPSA) is 161 Å². The monoisotopic (exact) mass is 643 g/mol. The minimum atomic E-state index is -1.14. The molecule has 3 N–H and O–H groups in total. The Morgan fingerprint density at radius 2 is 1.85 bits per heavy atom. The fraction of sp³-hybridized carbons (Fsp3) is 0.364. The van der Waals surface area contributed by atoms with Crippen molar-refractivity contribution in [1.29, 1.82) is 0 Å². The van der Waals surface area contributed by atoms with E-state index in [0.29, 0.717) is 41.8 Å². The maximum absolute atomic E-state index is 13.7. The summed E-state index contributed by atoms with van der Waals surface area (Å²) < 4.78 is 7.62. The van der Waals surface area contributed by atoms with Crippen LogP contribution in [0.5, 0.6) is 5.75 Å². The van der Waals surface area contributed by atoms with E-state index in [0.717, 1.165) is 54.8 Å². The number of nitrogens with one attached hydrogen (secondary N) is 2. The zero-order valence-electron chi connectivity index (χ0n) is 25.5. The smallest absolute Gasteiger partial charge is 0.328 e. The van der Waals surface area contributed by atoms with Gasteiger partial charge < -0.3 is 25.0 Å². The van der Waals surface area contributed by atoms with Crippen molar-refractivity contribution in [3.05, 3.63) is 64.6 Å². The fourth-order valence-electron chi connectivity index (χ4n) is 6.39. The first-order chi connectivity index (χ1) is 22.2. The van der Waals surface area contributed by atoms with Crippen molar-refractivity contribution in [3.8, 4) is 17.3 Å². The highest BCUT2D eigenvalue weighted by molar-refractivity contribution is 6.30.